The molecule has 2 aromatic carbocycles. The Morgan fingerprint density at radius 1 is 1.12 bits per heavy atom. The van der Waals surface area contributed by atoms with Gasteiger partial charge in [0.2, 0.25) is 10.0 Å². The van der Waals surface area contributed by atoms with Crippen LogP contribution in [0.25, 0.3) is 0 Å². The summed E-state index contributed by atoms with van der Waals surface area (Å²) in [4.78, 5) is 12.8. The lowest BCUT2D eigenvalue weighted by molar-refractivity contribution is 0.102. The molecule has 1 N–H and O–H groups in total. The number of halogens is 1. The number of anilines is 1. The van der Waals surface area contributed by atoms with Crippen LogP contribution in [0.2, 0.25) is 0 Å². The van der Waals surface area contributed by atoms with Gasteiger partial charge >= 0.3 is 0 Å². The number of hydrogen-bond acceptors (Lipinski definition) is 3. The first-order valence-electron chi connectivity index (χ1n) is 8.45. The number of fused-ring (bicyclic) bond motifs is 1. The van der Waals surface area contributed by atoms with E-state index in [0.29, 0.717) is 10.0 Å². The van der Waals surface area contributed by atoms with Crippen molar-refractivity contribution in [1.29, 1.82) is 0 Å². The lowest BCUT2D eigenvalue weighted by Gasteiger charge is -2.20. The number of amides is 1. The van der Waals surface area contributed by atoms with E-state index in [1.165, 1.54) is 37.7 Å². The van der Waals surface area contributed by atoms with E-state index in [2.05, 4.69) is 27.3 Å². The van der Waals surface area contributed by atoms with Crippen molar-refractivity contribution in [2.75, 3.05) is 19.4 Å². The Morgan fingerprint density at radius 3 is 2.58 bits per heavy atom. The number of hydrogen-bond donors (Lipinski definition) is 1. The zero-order chi connectivity index (χ0) is 18.9. The third kappa shape index (κ3) is 3.70. The van der Waals surface area contributed by atoms with Crippen LogP contribution in [-0.4, -0.2) is 32.7 Å². The second-order valence-corrected chi connectivity index (χ2v) is 9.51. The Hall–Kier alpha value is -1.70. The van der Waals surface area contributed by atoms with Crippen LogP contribution in [0.15, 0.2) is 45.8 Å². The Morgan fingerprint density at radius 2 is 1.85 bits per heavy atom. The molecule has 0 spiro atoms. The molecule has 0 aliphatic heterocycles. The highest BCUT2D eigenvalue weighted by molar-refractivity contribution is 9.10. The topological polar surface area (TPSA) is 66.5 Å². The zero-order valence-electron chi connectivity index (χ0n) is 14.8. The van der Waals surface area contributed by atoms with E-state index < -0.39 is 10.0 Å². The molecule has 0 fully saturated rings. The van der Waals surface area contributed by atoms with Crippen molar-refractivity contribution < 1.29 is 13.2 Å². The van der Waals surface area contributed by atoms with Crippen molar-refractivity contribution in [3.63, 3.8) is 0 Å². The summed E-state index contributed by atoms with van der Waals surface area (Å²) in [7, 11) is -0.718. The number of sulfonamides is 1. The first-order chi connectivity index (χ1) is 12.3. The molecule has 1 aliphatic rings. The third-order valence-electron chi connectivity index (χ3n) is 4.60. The molecule has 0 aromatic heterocycles. The first kappa shape index (κ1) is 19.1. The van der Waals surface area contributed by atoms with Gasteiger partial charge in [0, 0.05) is 29.8 Å². The van der Waals surface area contributed by atoms with E-state index in [-0.39, 0.29) is 10.8 Å². The molecule has 0 atom stereocenters. The van der Waals surface area contributed by atoms with Crippen molar-refractivity contribution in [3.8, 4) is 0 Å². The van der Waals surface area contributed by atoms with Gasteiger partial charge in [-0.25, -0.2) is 12.7 Å². The minimum Gasteiger partial charge on any atom is -0.322 e. The maximum Gasteiger partial charge on any atom is 0.255 e. The van der Waals surface area contributed by atoms with E-state index in [1.807, 2.05) is 12.1 Å². The minimum atomic E-state index is -3.64. The molecule has 1 amide bonds. The van der Waals surface area contributed by atoms with Crippen molar-refractivity contribution >= 4 is 37.5 Å². The molecular weight excluding hydrogens is 416 g/mol. The normalized spacial score (nSPS) is 14.2. The molecule has 5 nitrogen and oxygen atoms in total. The SMILES string of the molecule is CN(C)S(=O)(=O)c1cc(C(=O)Nc2cccc3c2CCCC3)ccc1Br. The maximum atomic E-state index is 12.7. The third-order valence-corrected chi connectivity index (χ3v) is 7.41. The zero-order valence-corrected chi connectivity index (χ0v) is 17.2. The predicted octanol–water partition coefficient (Wildman–Crippen LogP) is 3.83. The standard InChI is InChI=1S/C19H21BrN2O3S/c1-22(2)26(24,25)18-12-14(10-11-16(18)20)19(23)21-17-9-5-7-13-6-3-4-8-15(13)17/h5,7,9-12H,3-4,6,8H2,1-2H3,(H,21,23). The molecule has 1 aliphatic carbocycles. The summed E-state index contributed by atoms with van der Waals surface area (Å²) in [6, 6.07) is 10.6. The van der Waals surface area contributed by atoms with Crippen molar-refractivity contribution in [3.05, 3.63) is 57.6 Å². The lowest BCUT2D eigenvalue weighted by Crippen LogP contribution is -2.23. The van der Waals surface area contributed by atoms with E-state index in [0.717, 1.165) is 29.3 Å². The fourth-order valence-corrected chi connectivity index (χ4v) is 4.98. The summed E-state index contributed by atoms with van der Waals surface area (Å²) in [6.07, 6.45) is 4.27. The van der Waals surface area contributed by atoms with E-state index >= 15 is 0 Å². The average Bonchev–Trinajstić information content (AvgIpc) is 2.62. The first-order valence-corrected chi connectivity index (χ1v) is 10.7. The van der Waals surface area contributed by atoms with Gasteiger partial charge in [0.25, 0.3) is 5.91 Å². The number of rotatable bonds is 4. The molecule has 0 saturated carbocycles. The molecule has 0 unspecified atom stereocenters. The van der Waals surface area contributed by atoms with E-state index in [4.69, 9.17) is 0 Å². The Balaban J connectivity index is 1.93. The van der Waals surface area contributed by atoms with Crippen molar-refractivity contribution in [2.24, 2.45) is 0 Å². The Bertz CT molecular complexity index is 955. The van der Waals surface area contributed by atoms with E-state index in [1.54, 1.807) is 12.1 Å². The fourth-order valence-electron chi connectivity index (χ4n) is 3.13. The van der Waals surface area contributed by atoms with Crippen LogP contribution in [-0.2, 0) is 22.9 Å². The summed E-state index contributed by atoms with van der Waals surface area (Å²) in [5.41, 5.74) is 3.58. The molecule has 138 valence electrons. The maximum absolute atomic E-state index is 12.7. The smallest absolute Gasteiger partial charge is 0.255 e. The summed E-state index contributed by atoms with van der Waals surface area (Å²) in [5.74, 6) is -0.313. The van der Waals surface area contributed by atoms with Crippen LogP contribution < -0.4 is 5.32 Å². The molecule has 0 radical (unpaired) electrons. The number of benzene rings is 2. The highest BCUT2D eigenvalue weighted by Gasteiger charge is 2.23. The average molecular weight is 437 g/mol. The Kier molecular flexibility index (Phi) is 5.50. The second kappa shape index (κ2) is 7.50. The van der Waals surface area contributed by atoms with Gasteiger partial charge in [-0.3, -0.25) is 4.79 Å². The van der Waals surface area contributed by atoms with E-state index in [9.17, 15) is 13.2 Å². The number of carbonyl (C=O) groups excluding carboxylic acids is 1. The van der Waals surface area contributed by atoms with Crippen LogP contribution in [0.1, 0.15) is 34.3 Å². The molecule has 0 bridgehead atoms. The van der Waals surface area contributed by atoms with Gasteiger partial charge in [0.15, 0.2) is 0 Å². The number of carbonyl (C=O) groups is 1. The monoisotopic (exact) mass is 436 g/mol. The Labute approximate surface area is 162 Å². The molecule has 3 rings (SSSR count). The van der Waals surface area contributed by atoms with Gasteiger partial charge < -0.3 is 5.32 Å². The molecular formula is C19H21BrN2O3S. The second-order valence-electron chi connectivity index (χ2n) is 6.54. The fraction of sp³-hybridized carbons (Fsp3) is 0.316. The van der Waals surface area contributed by atoms with Gasteiger partial charge in [0.1, 0.15) is 0 Å². The van der Waals surface area contributed by atoms with Crippen LogP contribution in [0, 0.1) is 0 Å². The van der Waals surface area contributed by atoms with Gasteiger partial charge in [-0.2, -0.15) is 0 Å². The van der Waals surface area contributed by atoms with Crippen molar-refractivity contribution in [2.45, 2.75) is 30.6 Å². The molecule has 26 heavy (non-hydrogen) atoms. The highest BCUT2D eigenvalue weighted by Crippen LogP contribution is 2.29. The molecule has 7 heteroatoms. The molecule has 2 aromatic rings. The lowest BCUT2D eigenvalue weighted by atomic mass is 9.90. The summed E-state index contributed by atoms with van der Waals surface area (Å²) in [6.45, 7) is 0. The predicted molar refractivity (Wildman–Crippen MR) is 106 cm³/mol. The quantitative estimate of drug-likeness (QED) is 0.791. The van der Waals surface area contributed by atoms with Crippen LogP contribution >= 0.6 is 15.9 Å². The van der Waals surface area contributed by atoms with Gasteiger partial charge in [0.05, 0.1) is 4.90 Å². The number of nitrogens with one attached hydrogen (secondary N) is 1. The minimum absolute atomic E-state index is 0.0743. The highest BCUT2D eigenvalue weighted by atomic mass is 79.9. The molecule has 0 heterocycles. The van der Waals surface area contributed by atoms with Gasteiger partial charge in [-0.05, 0) is 77.0 Å². The van der Waals surface area contributed by atoms with Gasteiger partial charge in [-0.1, -0.05) is 12.1 Å². The van der Waals surface area contributed by atoms with Gasteiger partial charge in [-0.15, -0.1) is 0 Å². The van der Waals surface area contributed by atoms with Crippen LogP contribution in [0.5, 0.6) is 0 Å². The van der Waals surface area contributed by atoms with Crippen LogP contribution in [0.4, 0.5) is 5.69 Å². The number of nitrogens with zero attached hydrogens (tertiary/aromatic N) is 1. The van der Waals surface area contributed by atoms with Crippen molar-refractivity contribution in [1.82, 2.24) is 4.31 Å². The number of aryl methyl sites for hydroxylation is 1. The largest absolute Gasteiger partial charge is 0.322 e. The summed E-state index contributed by atoms with van der Waals surface area (Å²) in [5, 5.41) is 2.95. The van der Waals surface area contributed by atoms with Crippen LogP contribution in [0.3, 0.4) is 0 Å². The summed E-state index contributed by atoms with van der Waals surface area (Å²) >= 11 is 3.26. The molecule has 0 saturated heterocycles. The summed E-state index contributed by atoms with van der Waals surface area (Å²) < 4.78 is 26.4.